The summed E-state index contributed by atoms with van der Waals surface area (Å²) in [5.74, 6) is 0.930. The van der Waals surface area contributed by atoms with Gasteiger partial charge < -0.3 is 4.42 Å². The SMILES string of the molecule is CCc1oc(=O)c(CC)c2c1CCCCC2. The monoisotopic (exact) mass is 220 g/mol. The van der Waals surface area contributed by atoms with E-state index in [4.69, 9.17) is 4.42 Å². The van der Waals surface area contributed by atoms with Gasteiger partial charge in [0.2, 0.25) is 0 Å². The van der Waals surface area contributed by atoms with Crippen LogP contribution in [0.1, 0.15) is 55.6 Å². The van der Waals surface area contributed by atoms with Gasteiger partial charge >= 0.3 is 5.63 Å². The molecule has 0 saturated carbocycles. The molecule has 1 heterocycles. The number of fused-ring (bicyclic) bond motifs is 1. The molecule has 0 aliphatic heterocycles. The Morgan fingerprint density at radius 3 is 2.31 bits per heavy atom. The van der Waals surface area contributed by atoms with Gasteiger partial charge in [0.1, 0.15) is 5.76 Å². The molecule has 0 atom stereocenters. The number of aryl methyl sites for hydroxylation is 1. The van der Waals surface area contributed by atoms with Gasteiger partial charge in [-0.1, -0.05) is 20.3 Å². The standard InChI is InChI=1S/C14H20O2/c1-3-10-11-8-6-5-7-9-12(11)13(4-2)16-14(10)15/h3-9H2,1-2H3. The minimum absolute atomic E-state index is 0.0972. The summed E-state index contributed by atoms with van der Waals surface area (Å²) in [6, 6.07) is 0. The Morgan fingerprint density at radius 2 is 1.69 bits per heavy atom. The summed E-state index contributed by atoms with van der Waals surface area (Å²) in [6.45, 7) is 4.11. The van der Waals surface area contributed by atoms with Crippen molar-refractivity contribution in [1.29, 1.82) is 0 Å². The van der Waals surface area contributed by atoms with Crippen LogP contribution in [-0.4, -0.2) is 0 Å². The zero-order valence-electron chi connectivity index (χ0n) is 10.3. The Labute approximate surface area is 96.7 Å². The van der Waals surface area contributed by atoms with Crippen LogP contribution in [0.25, 0.3) is 0 Å². The average molecular weight is 220 g/mol. The van der Waals surface area contributed by atoms with E-state index >= 15 is 0 Å². The summed E-state index contributed by atoms with van der Waals surface area (Å²) in [5.41, 5.74) is 3.48. The van der Waals surface area contributed by atoms with Crippen LogP contribution >= 0.6 is 0 Å². The Balaban J connectivity index is 2.63. The van der Waals surface area contributed by atoms with Gasteiger partial charge in [-0.25, -0.2) is 4.79 Å². The van der Waals surface area contributed by atoms with E-state index in [1.807, 2.05) is 6.92 Å². The van der Waals surface area contributed by atoms with Gasteiger partial charge in [0, 0.05) is 12.0 Å². The van der Waals surface area contributed by atoms with Crippen molar-refractivity contribution in [3.8, 4) is 0 Å². The minimum Gasteiger partial charge on any atom is -0.427 e. The predicted octanol–water partition coefficient (Wildman–Crippen LogP) is 3.03. The molecule has 1 aromatic heterocycles. The van der Waals surface area contributed by atoms with Crippen molar-refractivity contribution in [2.24, 2.45) is 0 Å². The predicted molar refractivity (Wildman–Crippen MR) is 65.0 cm³/mol. The molecule has 0 radical (unpaired) electrons. The maximum Gasteiger partial charge on any atom is 0.339 e. The molecular formula is C14H20O2. The molecule has 0 fully saturated rings. The zero-order chi connectivity index (χ0) is 11.5. The van der Waals surface area contributed by atoms with Crippen molar-refractivity contribution in [3.05, 3.63) is 32.9 Å². The first-order valence-corrected chi connectivity index (χ1v) is 6.44. The summed E-state index contributed by atoms with van der Waals surface area (Å²) < 4.78 is 5.45. The van der Waals surface area contributed by atoms with Crippen LogP contribution in [0.3, 0.4) is 0 Å². The minimum atomic E-state index is -0.0972. The Bertz CT molecular complexity index is 429. The van der Waals surface area contributed by atoms with Gasteiger partial charge in [-0.05, 0) is 43.2 Å². The van der Waals surface area contributed by atoms with Crippen molar-refractivity contribution in [2.75, 3.05) is 0 Å². The second kappa shape index (κ2) is 4.86. The molecule has 2 nitrogen and oxygen atoms in total. The second-order valence-corrected chi connectivity index (χ2v) is 4.52. The van der Waals surface area contributed by atoms with E-state index in [2.05, 4.69) is 6.92 Å². The lowest BCUT2D eigenvalue weighted by atomic mass is 9.96. The first-order chi connectivity index (χ1) is 7.77. The lowest BCUT2D eigenvalue weighted by molar-refractivity contribution is 0.447. The van der Waals surface area contributed by atoms with Crippen LogP contribution in [0.5, 0.6) is 0 Å². The number of rotatable bonds is 2. The maximum absolute atomic E-state index is 11.8. The van der Waals surface area contributed by atoms with E-state index in [0.29, 0.717) is 0 Å². The van der Waals surface area contributed by atoms with Gasteiger partial charge in [0.05, 0.1) is 0 Å². The van der Waals surface area contributed by atoms with Gasteiger partial charge in [-0.15, -0.1) is 0 Å². The largest absolute Gasteiger partial charge is 0.427 e. The van der Waals surface area contributed by atoms with Gasteiger partial charge in [0.15, 0.2) is 0 Å². The molecular weight excluding hydrogens is 200 g/mol. The fourth-order valence-corrected chi connectivity index (χ4v) is 2.72. The molecule has 1 aliphatic rings. The molecule has 2 rings (SSSR count). The third kappa shape index (κ3) is 1.93. The van der Waals surface area contributed by atoms with E-state index < -0.39 is 0 Å². The zero-order valence-corrected chi connectivity index (χ0v) is 10.3. The van der Waals surface area contributed by atoms with Gasteiger partial charge in [-0.2, -0.15) is 0 Å². The average Bonchev–Trinajstić information content (AvgIpc) is 2.53. The van der Waals surface area contributed by atoms with E-state index in [1.165, 1.54) is 30.4 Å². The van der Waals surface area contributed by atoms with Gasteiger partial charge in [0.25, 0.3) is 0 Å². The molecule has 0 N–H and O–H groups in total. The molecule has 0 spiro atoms. The second-order valence-electron chi connectivity index (χ2n) is 4.52. The molecule has 16 heavy (non-hydrogen) atoms. The fraction of sp³-hybridized carbons (Fsp3) is 0.643. The highest BCUT2D eigenvalue weighted by molar-refractivity contribution is 5.36. The van der Waals surface area contributed by atoms with E-state index in [0.717, 1.165) is 37.0 Å². The van der Waals surface area contributed by atoms with Crippen LogP contribution < -0.4 is 5.63 Å². The van der Waals surface area contributed by atoms with Crippen molar-refractivity contribution in [1.82, 2.24) is 0 Å². The van der Waals surface area contributed by atoms with Crippen LogP contribution in [0.2, 0.25) is 0 Å². The molecule has 0 aromatic carbocycles. The molecule has 0 unspecified atom stereocenters. The lowest BCUT2D eigenvalue weighted by Crippen LogP contribution is -2.15. The Kier molecular flexibility index (Phi) is 3.47. The molecule has 0 bridgehead atoms. The van der Waals surface area contributed by atoms with Crippen molar-refractivity contribution < 1.29 is 4.42 Å². The Morgan fingerprint density at radius 1 is 1.00 bits per heavy atom. The smallest absolute Gasteiger partial charge is 0.339 e. The Hall–Kier alpha value is -1.05. The highest BCUT2D eigenvalue weighted by atomic mass is 16.4. The van der Waals surface area contributed by atoms with Crippen LogP contribution in [0.4, 0.5) is 0 Å². The topological polar surface area (TPSA) is 30.2 Å². The third-order valence-electron chi connectivity index (χ3n) is 3.56. The summed E-state index contributed by atoms with van der Waals surface area (Å²) >= 11 is 0. The normalized spacial score (nSPS) is 15.6. The molecule has 2 heteroatoms. The highest BCUT2D eigenvalue weighted by Crippen LogP contribution is 2.25. The first kappa shape index (κ1) is 11.4. The summed E-state index contributed by atoms with van der Waals surface area (Å²) in [5, 5.41) is 0. The van der Waals surface area contributed by atoms with Crippen LogP contribution in [-0.2, 0) is 25.7 Å². The van der Waals surface area contributed by atoms with E-state index in [9.17, 15) is 4.79 Å². The van der Waals surface area contributed by atoms with Crippen LogP contribution in [0.15, 0.2) is 9.21 Å². The lowest BCUT2D eigenvalue weighted by Gasteiger charge is -2.13. The number of hydrogen-bond donors (Lipinski definition) is 0. The quantitative estimate of drug-likeness (QED) is 0.717. The highest BCUT2D eigenvalue weighted by Gasteiger charge is 2.18. The number of hydrogen-bond acceptors (Lipinski definition) is 2. The summed E-state index contributed by atoms with van der Waals surface area (Å²) in [6.07, 6.45) is 7.52. The van der Waals surface area contributed by atoms with Crippen molar-refractivity contribution in [3.63, 3.8) is 0 Å². The molecule has 0 amide bonds. The summed E-state index contributed by atoms with van der Waals surface area (Å²) in [7, 11) is 0. The van der Waals surface area contributed by atoms with Crippen LogP contribution in [0, 0.1) is 0 Å². The first-order valence-electron chi connectivity index (χ1n) is 6.44. The molecule has 1 aromatic rings. The molecule has 0 saturated heterocycles. The van der Waals surface area contributed by atoms with E-state index in [-0.39, 0.29) is 5.63 Å². The summed E-state index contributed by atoms with van der Waals surface area (Å²) in [4.78, 5) is 11.8. The molecule has 1 aliphatic carbocycles. The van der Waals surface area contributed by atoms with Crippen molar-refractivity contribution >= 4 is 0 Å². The third-order valence-corrected chi connectivity index (χ3v) is 3.56. The molecule has 88 valence electrons. The fourth-order valence-electron chi connectivity index (χ4n) is 2.72. The van der Waals surface area contributed by atoms with Crippen molar-refractivity contribution in [2.45, 2.75) is 58.8 Å². The van der Waals surface area contributed by atoms with Gasteiger partial charge in [-0.3, -0.25) is 0 Å². The maximum atomic E-state index is 11.8. The van der Waals surface area contributed by atoms with E-state index in [1.54, 1.807) is 0 Å².